The van der Waals surface area contributed by atoms with Crippen LogP contribution in [0.25, 0.3) is 0 Å². The quantitative estimate of drug-likeness (QED) is 0.430. The predicted molar refractivity (Wildman–Crippen MR) is 147 cm³/mol. The van der Waals surface area contributed by atoms with Crippen molar-refractivity contribution in [2.45, 2.75) is 88.2 Å². The molecule has 0 N–H and O–H groups in total. The highest BCUT2D eigenvalue weighted by Gasteiger charge is 2.36. The van der Waals surface area contributed by atoms with Crippen LogP contribution in [0.15, 0.2) is 24.3 Å². The smallest absolute Gasteiger partial charge is 0.236 e. The van der Waals surface area contributed by atoms with Gasteiger partial charge < -0.3 is 9.64 Å². The van der Waals surface area contributed by atoms with Crippen molar-refractivity contribution in [1.82, 2.24) is 14.7 Å². The summed E-state index contributed by atoms with van der Waals surface area (Å²) in [5.41, 5.74) is 0. The lowest BCUT2D eigenvalue weighted by Crippen LogP contribution is -2.55. The van der Waals surface area contributed by atoms with Gasteiger partial charge in [0.15, 0.2) is 0 Å². The highest BCUT2D eigenvalue weighted by Crippen LogP contribution is 2.36. The second-order valence-corrected chi connectivity index (χ2v) is 12.5. The molecule has 3 atom stereocenters. The molecular formula is C30H45ClFN3O2. The van der Waals surface area contributed by atoms with Crippen LogP contribution in [-0.4, -0.2) is 83.9 Å². The van der Waals surface area contributed by atoms with Gasteiger partial charge in [-0.2, -0.15) is 0 Å². The summed E-state index contributed by atoms with van der Waals surface area (Å²) in [6.45, 7) is 6.02. The zero-order valence-electron chi connectivity index (χ0n) is 22.3. The molecule has 37 heavy (non-hydrogen) atoms. The van der Waals surface area contributed by atoms with Crippen LogP contribution in [0.4, 0.5) is 4.39 Å². The van der Waals surface area contributed by atoms with E-state index in [1.54, 1.807) is 6.07 Å². The molecule has 4 aliphatic rings. The van der Waals surface area contributed by atoms with E-state index in [2.05, 4.69) is 14.7 Å². The fraction of sp³-hybridized carbons (Fsp3) is 0.767. The standard InChI is InChI=1S/C30H45ClFN3O2/c31-25-8-4-10-27(20-25)34-16-18-35(19-17-34)29(36)22-33-14-12-24(13-15-33)30(23-6-2-1-3-7-23)37-28-11-5-9-26(32)21-28/h5,9,11,21,23-25,27,30H,1-4,6-8,10,12-20,22H2. The normalized spacial score (nSPS) is 28.2. The first-order valence-electron chi connectivity index (χ1n) is 14.9. The number of hydrogen-bond donors (Lipinski definition) is 0. The summed E-state index contributed by atoms with van der Waals surface area (Å²) in [5.74, 6) is 1.70. The van der Waals surface area contributed by atoms with Gasteiger partial charge in [0.2, 0.25) is 5.91 Å². The first kappa shape index (κ1) is 27.2. The molecule has 1 aromatic rings. The van der Waals surface area contributed by atoms with E-state index in [-0.39, 0.29) is 17.8 Å². The predicted octanol–water partition coefficient (Wildman–Crippen LogP) is 5.56. The molecule has 0 bridgehead atoms. The summed E-state index contributed by atoms with van der Waals surface area (Å²) in [7, 11) is 0. The van der Waals surface area contributed by atoms with Gasteiger partial charge in [0.25, 0.3) is 0 Å². The summed E-state index contributed by atoms with van der Waals surface area (Å²) in [6, 6.07) is 7.21. The number of benzene rings is 1. The van der Waals surface area contributed by atoms with E-state index in [4.69, 9.17) is 16.3 Å². The van der Waals surface area contributed by atoms with Crippen LogP contribution in [0.2, 0.25) is 0 Å². The van der Waals surface area contributed by atoms with Crippen LogP contribution in [-0.2, 0) is 4.79 Å². The summed E-state index contributed by atoms with van der Waals surface area (Å²) < 4.78 is 20.3. The SMILES string of the molecule is O=C(CN1CCC(C(Oc2cccc(F)c2)C2CCCCC2)CC1)N1CCN(C2CCCC(Cl)C2)CC1. The largest absolute Gasteiger partial charge is 0.490 e. The number of carbonyl (C=O) groups excluding carboxylic acids is 1. The van der Waals surface area contributed by atoms with Crippen LogP contribution in [0, 0.1) is 17.7 Å². The zero-order chi connectivity index (χ0) is 25.6. The van der Waals surface area contributed by atoms with Crippen LogP contribution in [0.1, 0.15) is 70.6 Å². The van der Waals surface area contributed by atoms with Crippen molar-refractivity contribution in [2.24, 2.45) is 11.8 Å². The maximum absolute atomic E-state index is 13.8. The van der Waals surface area contributed by atoms with Gasteiger partial charge in [-0.25, -0.2) is 4.39 Å². The van der Waals surface area contributed by atoms with E-state index in [9.17, 15) is 9.18 Å². The number of ether oxygens (including phenoxy) is 1. The first-order valence-corrected chi connectivity index (χ1v) is 15.3. The Kier molecular flexibility index (Phi) is 9.65. The number of likely N-dealkylation sites (tertiary alicyclic amines) is 1. The second kappa shape index (κ2) is 13.1. The van der Waals surface area contributed by atoms with Gasteiger partial charge in [0.05, 0.1) is 6.54 Å². The molecule has 2 saturated carbocycles. The topological polar surface area (TPSA) is 36.0 Å². The maximum atomic E-state index is 13.8. The monoisotopic (exact) mass is 533 g/mol. The number of amides is 1. The van der Waals surface area contributed by atoms with E-state index >= 15 is 0 Å². The van der Waals surface area contributed by atoms with E-state index in [1.807, 2.05) is 6.07 Å². The van der Waals surface area contributed by atoms with Gasteiger partial charge in [-0.05, 0) is 82.0 Å². The van der Waals surface area contributed by atoms with Gasteiger partial charge in [-0.15, -0.1) is 11.6 Å². The van der Waals surface area contributed by atoms with Crippen molar-refractivity contribution in [3.05, 3.63) is 30.1 Å². The first-order chi connectivity index (χ1) is 18.0. The highest BCUT2D eigenvalue weighted by atomic mass is 35.5. The van der Waals surface area contributed by atoms with Gasteiger partial charge in [0.1, 0.15) is 17.7 Å². The summed E-state index contributed by atoms with van der Waals surface area (Å²) in [4.78, 5) is 20.1. The third kappa shape index (κ3) is 7.39. The average Bonchev–Trinajstić information content (AvgIpc) is 2.93. The number of alkyl halides is 1. The molecule has 2 aliphatic heterocycles. The molecule has 2 aliphatic carbocycles. The van der Waals surface area contributed by atoms with Crippen LogP contribution >= 0.6 is 11.6 Å². The molecule has 2 heterocycles. The molecular weight excluding hydrogens is 489 g/mol. The van der Waals surface area contributed by atoms with Gasteiger partial charge in [-0.1, -0.05) is 31.7 Å². The Bertz CT molecular complexity index is 866. The number of rotatable bonds is 7. The Labute approximate surface area is 227 Å². The van der Waals surface area contributed by atoms with Crippen molar-refractivity contribution >= 4 is 17.5 Å². The van der Waals surface area contributed by atoms with E-state index in [0.29, 0.717) is 35.5 Å². The lowest BCUT2D eigenvalue weighted by Gasteiger charge is -2.43. The van der Waals surface area contributed by atoms with E-state index in [1.165, 1.54) is 57.1 Å². The van der Waals surface area contributed by atoms with E-state index < -0.39 is 0 Å². The Balaban J connectivity index is 1.09. The Morgan fingerprint density at radius 3 is 2.35 bits per heavy atom. The van der Waals surface area contributed by atoms with Crippen molar-refractivity contribution in [1.29, 1.82) is 0 Å². The van der Waals surface area contributed by atoms with Crippen molar-refractivity contribution < 1.29 is 13.9 Å². The van der Waals surface area contributed by atoms with Gasteiger partial charge in [0, 0.05) is 43.7 Å². The molecule has 7 heteroatoms. The van der Waals surface area contributed by atoms with Crippen molar-refractivity contribution in [3.63, 3.8) is 0 Å². The fourth-order valence-corrected chi connectivity index (χ4v) is 7.60. The average molecular weight is 534 g/mol. The zero-order valence-corrected chi connectivity index (χ0v) is 23.1. The Hall–Kier alpha value is -1.37. The number of hydrogen-bond acceptors (Lipinski definition) is 4. The van der Waals surface area contributed by atoms with Crippen molar-refractivity contribution in [2.75, 3.05) is 45.8 Å². The van der Waals surface area contributed by atoms with Crippen LogP contribution in [0.5, 0.6) is 5.75 Å². The van der Waals surface area contributed by atoms with E-state index in [0.717, 1.165) is 65.0 Å². The molecule has 0 radical (unpaired) electrons. The maximum Gasteiger partial charge on any atom is 0.236 e. The molecule has 0 aromatic heterocycles. The molecule has 5 rings (SSSR count). The molecule has 0 spiro atoms. The number of piperidine rings is 1. The minimum Gasteiger partial charge on any atom is -0.490 e. The van der Waals surface area contributed by atoms with Crippen molar-refractivity contribution in [3.8, 4) is 5.75 Å². The third-order valence-corrected chi connectivity index (χ3v) is 9.80. The number of piperazine rings is 1. The Morgan fingerprint density at radius 2 is 1.65 bits per heavy atom. The number of nitrogens with zero attached hydrogens (tertiary/aromatic N) is 3. The molecule has 3 unspecified atom stereocenters. The Morgan fingerprint density at radius 1 is 0.919 bits per heavy atom. The molecule has 206 valence electrons. The molecule has 1 amide bonds. The van der Waals surface area contributed by atoms with Crippen LogP contribution in [0.3, 0.4) is 0 Å². The van der Waals surface area contributed by atoms with Gasteiger partial charge in [-0.3, -0.25) is 14.6 Å². The minimum atomic E-state index is -0.240. The summed E-state index contributed by atoms with van der Waals surface area (Å²) in [6.07, 6.45) is 13.2. The lowest BCUT2D eigenvalue weighted by atomic mass is 9.77. The molecule has 2 saturated heterocycles. The highest BCUT2D eigenvalue weighted by molar-refractivity contribution is 6.20. The second-order valence-electron chi connectivity index (χ2n) is 11.9. The summed E-state index contributed by atoms with van der Waals surface area (Å²) >= 11 is 6.42. The summed E-state index contributed by atoms with van der Waals surface area (Å²) in [5, 5.41) is 0.318. The molecule has 5 nitrogen and oxygen atoms in total. The molecule has 1 aromatic carbocycles. The number of carbonyl (C=O) groups is 1. The van der Waals surface area contributed by atoms with Gasteiger partial charge >= 0.3 is 0 Å². The molecule has 4 fully saturated rings. The lowest BCUT2D eigenvalue weighted by molar-refractivity contribution is -0.135. The fourth-order valence-electron chi connectivity index (χ4n) is 7.24. The van der Waals surface area contributed by atoms with Crippen LogP contribution < -0.4 is 4.74 Å². The minimum absolute atomic E-state index is 0.139. The third-order valence-electron chi connectivity index (χ3n) is 9.40. The number of halogens is 2.